The van der Waals surface area contributed by atoms with Crippen molar-refractivity contribution in [3.05, 3.63) is 40.8 Å². The third kappa shape index (κ3) is 3.55. The summed E-state index contributed by atoms with van der Waals surface area (Å²) in [6.45, 7) is 0. The molecule has 0 saturated heterocycles. The first-order valence-corrected chi connectivity index (χ1v) is 8.68. The Bertz CT molecular complexity index is 574. The molecule has 2 rings (SSSR count). The molecule has 1 aromatic heterocycles. The Morgan fingerprint density at radius 1 is 1.29 bits per heavy atom. The minimum absolute atomic E-state index is 0.357. The molecule has 3 nitrogen and oxygen atoms in total. The molecule has 0 fully saturated rings. The second-order valence-corrected chi connectivity index (χ2v) is 7.30. The summed E-state index contributed by atoms with van der Waals surface area (Å²) in [5, 5.41) is 2.01. The topological polar surface area (TPSA) is 47.0 Å². The van der Waals surface area contributed by atoms with Crippen molar-refractivity contribution in [3.63, 3.8) is 0 Å². The SMILES string of the molecule is CS(=O)(=O)c1ccc(SCc2cscn2)cc1. The van der Waals surface area contributed by atoms with Crippen LogP contribution in [-0.2, 0) is 15.6 Å². The Morgan fingerprint density at radius 2 is 2.00 bits per heavy atom. The summed E-state index contributed by atoms with van der Waals surface area (Å²) in [4.78, 5) is 5.59. The van der Waals surface area contributed by atoms with E-state index in [2.05, 4.69) is 4.98 Å². The Labute approximate surface area is 109 Å². The Morgan fingerprint density at radius 3 is 2.53 bits per heavy atom. The molecule has 90 valence electrons. The molecule has 0 N–H and O–H groups in total. The number of aromatic nitrogens is 1. The minimum atomic E-state index is -3.10. The highest BCUT2D eigenvalue weighted by molar-refractivity contribution is 7.98. The van der Waals surface area contributed by atoms with Gasteiger partial charge in [-0.1, -0.05) is 0 Å². The fourth-order valence-electron chi connectivity index (χ4n) is 1.25. The lowest BCUT2D eigenvalue weighted by atomic mass is 10.4. The predicted molar refractivity (Wildman–Crippen MR) is 71.2 cm³/mol. The van der Waals surface area contributed by atoms with E-state index in [4.69, 9.17) is 0 Å². The van der Waals surface area contributed by atoms with Gasteiger partial charge in [0, 0.05) is 22.3 Å². The van der Waals surface area contributed by atoms with E-state index < -0.39 is 9.84 Å². The minimum Gasteiger partial charge on any atom is -0.249 e. The van der Waals surface area contributed by atoms with Crippen molar-refractivity contribution in [1.82, 2.24) is 4.98 Å². The monoisotopic (exact) mass is 285 g/mol. The van der Waals surface area contributed by atoms with E-state index in [-0.39, 0.29) is 0 Å². The van der Waals surface area contributed by atoms with Crippen LogP contribution in [0, 0.1) is 0 Å². The number of hydrogen-bond acceptors (Lipinski definition) is 5. The van der Waals surface area contributed by atoms with Gasteiger partial charge in [-0.3, -0.25) is 0 Å². The van der Waals surface area contributed by atoms with Gasteiger partial charge >= 0.3 is 0 Å². The second-order valence-electron chi connectivity index (χ2n) is 3.51. The maximum absolute atomic E-state index is 11.3. The van der Waals surface area contributed by atoms with Gasteiger partial charge in [-0.2, -0.15) is 0 Å². The largest absolute Gasteiger partial charge is 0.249 e. The lowest BCUT2D eigenvalue weighted by Crippen LogP contribution is -1.95. The average molecular weight is 285 g/mol. The number of hydrogen-bond donors (Lipinski definition) is 0. The number of sulfone groups is 1. The van der Waals surface area contributed by atoms with Crippen LogP contribution in [0.25, 0.3) is 0 Å². The van der Waals surface area contributed by atoms with E-state index >= 15 is 0 Å². The van der Waals surface area contributed by atoms with E-state index in [9.17, 15) is 8.42 Å². The van der Waals surface area contributed by atoms with Crippen molar-refractivity contribution in [2.24, 2.45) is 0 Å². The molecule has 0 bridgehead atoms. The molecular formula is C11H11NO2S3. The molecule has 0 aliphatic heterocycles. The lowest BCUT2D eigenvalue weighted by molar-refractivity contribution is 0.602. The molecular weight excluding hydrogens is 274 g/mol. The van der Waals surface area contributed by atoms with Crippen LogP contribution in [-0.4, -0.2) is 19.7 Å². The van der Waals surface area contributed by atoms with Crippen LogP contribution < -0.4 is 0 Å². The van der Waals surface area contributed by atoms with E-state index in [1.807, 2.05) is 23.0 Å². The highest BCUT2D eigenvalue weighted by Gasteiger charge is 2.06. The molecule has 0 atom stereocenters. The number of thiazole rings is 1. The van der Waals surface area contributed by atoms with E-state index in [0.717, 1.165) is 16.3 Å². The van der Waals surface area contributed by atoms with Crippen LogP contribution in [0.4, 0.5) is 0 Å². The third-order valence-corrected chi connectivity index (χ3v) is 4.93. The lowest BCUT2D eigenvalue weighted by Gasteiger charge is -2.01. The average Bonchev–Trinajstić information content (AvgIpc) is 2.78. The molecule has 2 aromatic rings. The summed E-state index contributed by atoms with van der Waals surface area (Å²) < 4.78 is 22.5. The van der Waals surface area contributed by atoms with Crippen LogP contribution in [0.2, 0.25) is 0 Å². The van der Waals surface area contributed by atoms with Gasteiger partial charge in [0.2, 0.25) is 0 Å². The van der Waals surface area contributed by atoms with Gasteiger partial charge in [-0.05, 0) is 24.3 Å². The molecule has 1 aromatic carbocycles. The van der Waals surface area contributed by atoms with Crippen LogP contribution in [0.15, 0.2) is 44.9 Å². The first-order chi connectivity index (χ1) is 8.05. The van der Waals surface area contributed by atoms with Crippen molar-refractivity contribution >= 4 is 32.9 Å². The first kappa shape index (κ1) is 12.6. The molecule has 0 aliphatic rings. The molecule has 0 aliphatic carbocycles. The highest BCUT2D eigenvalue weighted by atomic mass is 32.2. The number of rotatable bonds is 4. The second kappa shape index (κ2) is 5.20. The van der Waals surface area contributed by atoms with Gasteiger partial charge in [-0.25, -0.2) is 13.4 Å². The molecule has 1 heterocycles. The van der Waals surface area contributed by atoms with Crippen molar-refractivity contribution in [1.29, 1.82) is 0 Å². The van der Waals surface area contributed by atoms with Gasteiger partial charge in [-0.15, -0.1) is 23.1 Å². The molecule has 0 saturated carbocycles. The van der Waals surface area contributed by atoms with Gasteiger partial charge in [0.15, 0.2) is 9.84 Å². The van der Waals surface area contributed by atoms with Crippen molar-refractivity contribution < 1.29 is 8.42 Å². The normalized spacial score (nSPS) is 11.6. The zero-order valence-corrected chi connectivity index (χ0v) is 11.6. The molecule has 0 spiro atoms. The van der Waals surface area contributed by atoms with E-state index in [0.29, 0.717) is 4.90 Å². The summed E-state index contributed by atoms with van der Waals surface area (Å²) in [5.41, 5.74) is 2.86. The fourth-order valence-corrected chi connectivity index (χ4v) is 3.34. The van der Waals surface area contributed by atoms with Crippen LogP contribution >= 0.6 is 23.1 Å². The van der Waals surface area contributed by atoms with Crippen LogP contribution in [0.1, 0.15) is 5.69 Å². The molecule has 17 heavy (non-hydrogen) atoms. The zero-order chi connectivity index (χ0) is 12.3. The smallest absolute Gasteiger partial charge is 0.175 e. The van der Waals surface area contributed by atoms with E-state index in [1.165, 1.54) is 6.26 Å². The van der Waals surface area contributed by atoms with Gasteiger partial charge < -0.3 is 0 Å². The number of benzene rings is 1. The van der Waals surface area contributed by atoms with Crippen LogP contribution in [0.5, 0.6) is 0 Å². The van der Waals surface area contributed by atoms with Gasteiger partial charge in [0.1, 0.15) is 0 Å². The van der Waals surface area contributed by atoms with Crippen LogP contribution in [0.3, 0.4) is 0 Å². The quantitative estimate of drug-likeness (QED) is 0.810. The summed E-state index contributed by atoms with van der Waals surface area (Å²) in [5.74, 6) is 0.807. The Kier molecular flexibility index (Phi) is 3.86. The van der Waals surface area contributed by atoms with Crippen molar-refractivity contribution in [2.75, 3.05) is 6.26 Å². The summed E-state index contributed by atoms with van der Waals surface area (Å²) in [6, 6.07) is 6.93. The number of thioether (sulfide) groups is 1. The zero-order valence-electron chi connectivity index (χ0n) is 9.16. The molecule has 6 heteroatoms. The number of nitrogens with zero attached hydrogens (tertiary/aromatic N) is 1. The molecule has 0 amide bonds. The first-order valence-electron chi connectivity index (χ1n) is 4.86. The van der Waals surface area contributed by atoms with Gasteiger partial charge in [0.25, 0.3) is 0 Å². The Balaban J connectivity index is 2.04. The van der Waals surface area contributed by atoms with Crippen molar-refractivity contribution in [3.8, 4) is 0 Å². The maximum atomic E-state index is 11.3. The molecule has 0 radical (unpaired) electrons. The highest BCUT2D eigenvalue weighted by Crippen LogP contribution is 2.23. The molecule has 0 unspecified atom stereocenters. The third-order valence-electron chi connectivity index (χ3n) is 2.12. The van der Waals surface area contributed by atoms with Gasteiger partial charge in [0.05, 0.1) is 16.1 Å². The summed E-state index contributed by atoms with van der Waals surface area (Å²) >= 11 is 3.22. The summed E-state index contributed by atoms with van der Waals surface area (Å²) in [6.07, 6.45) is 1.21. The maximum Gasteiger partial charge on any atom is 0.175 e. The fraction of sp³-hybridized carbons (Fsp3) is 0.182. The van der Waals surface area contributed by atoms with Crippen molar-refractivity contribution in [2.45, 2.75) is 15.5 Å². The standard InChI is InChI=1S/C11H11NO2S3/c1-17(13,14)11-4-2-10(3-5-11)16-7-9-6-15-8-12-9/h2-6,8H,7H2,1H3. The van der Waals surface area contributed by atoms with E-state index in [1.54, 1.807) is 35.2 Å². The summed E-state index contributed by atoms with van der Waals surface area (Å²) in [7, 11) is -3.10. The predicted octanol–water partition coefficient (Wildman–Crippen LogP) is 2.84. The Hall–Kier alpha value is -0.850.